The summed E-state index contributed by atoms with van der Waals surface area (Å²) in [5.41, 5.74) is 0.765. The summed E-state index contributed by atoms with van der Waals surface area (Å²) in [5.74, 6) is -0.170. The van der Waals surface area contributed by atoms with Crippen LogP contribution in [-0.4, -0.2) is 58.9 Å². The van der Waals surface area contributed by atoms with Gasteiger partial charge in [0.05, 0.1) is 17.7 Å². The standard InChI is InChI=1S/C25H30N2O5/c1-16(2)31-19-8-6-7-18(15-19)22-21(23(28)20-10-9-17(3)32-20)24(29)25(30)27(22)14-13-26-11-4-5-12-26/h6-10,15-16,22,29H,4-5,11-14H2,1-3H3. The molecule has 0 aliphatic carbocycles. The summed E-state index contributed by atoms with van der Waals surface area (Å²) in [6.45, 7) is 8.73. The molecule has 32 heavy (non-hydrogen) atoms. The molecule has 7 nitrogen and oxygen atoms in total. The van der Waals surface area contributed by atoms with E-state index >= 15 is 0 Å². The predicted molar refractivity (Wildman–Crippen MR) is 120 cm³/mol. The van der Waals surface area contributed by atoms with Crippen molar-refractivity contribution in [1.29, 1.82) is 0 Å². The Kier molecular flexibility index (Phi) is 6.37. The molecule has 2 aliphatic rings. The summed E-state index contributed by atoms with van der Waals surface area (Å²) in [6.07, 6.45) is 2.28. The van der Waals surface area contributed by atoms with E-state index < -0.39 is 23.5 Å². The first-order valence-electron chi connectivity index (χ1n) is 11.2. The predicted octanol–water partition coefficient (Wildman–Crippen LogP) is 4.05. The maximum atomic E-state index is 13.3. The van der Waals surface area contributed by atoms with Gasteiger partial charge in [-0.25, -0.2) is 0 Å². The maximum Gasteiger partial charge on any atom is 0.290 e. The number of hydrogen-bond donors (Lipinski definition) is 1. The van der Waals surface area contributed by atoms with Crippen LogP contribution in [0.3, 0.4) is 0 Å². The second-order valence-electron chi connectivity index (χ2n) is 8.69. The van der Waals surface area contributed by atoms with Crippen LogP contribution in [0.4, 0.5) is 0 Å². The van der Waals surface area contributed by atoms with Crippen molar-refractivity contribution in [3.8, 4) is 5.75 Å². The molecule has 1 unspecified atom stereocenters. The van der Waals surface area contributed by atoms with E-state index in [1.807, 2.05) is 38.1 Å². The fourth-order valence-electron chi connectivity index (χ4n) is 4.44. The highest BCUT2D eigenvalue weighted by Gasteiger charge is 2.44. The van der Waals surface area contributed by atoms with E-state index in [0.29, 0.717) is 30.2 Å². The van der Waals surface area contributed by atoms with Crippen LogP contribution in [0.1, 0.15) is 54.6 Å². The summed E-state index contributed by atoms with van der Waals surface area (Å²) < 4.78 is 11.4. The highest BCUT2D eigenvalue weighted by atomic mass is 16.5. The lowest BCUT2D eigenvalue weighted by Crippen LogP contribution is -2.38. The van der Waals surface area contributed by atoms with E-state index in [4.69, 9.17) is 9.15 Å². The number of carbonyl (C=O) groups is 2. The first-order valence-corrected chi connectivity index (χ1v) is 11.2. The molecule has 1 saturated heterocycles. The average Bonchev–Trinajstić information content (AvgIpc) is 3.47. The van der Waals surface area contributed by atoms with Crippen molar-refractivity contribution in [1.82, 2.24) is 9.80 Å². The quantitative estimate of drug-likeness (QED) is 0.626. The van der Waals surface area contributed by atoms with E-state index in [9.17, 15) is 14.7 Å². The second kappa shape index (κ2) is 9.20. The van der Waals surface area contributed by atoms with Crippen molar-refractivity contribution < 1.29 is 23.8 Å². The zero-order valence-electron chi connectivity index (χ0n) is 18.8. The largest absolute Gasteiger partial charge is 0.503 e. The van der Waals surface area contributed by atoms with Gasteiger partial charge in [0.2, 0.25) is 5.78 Å². The number of likely N-dealkylation sites (tertiary alicyclic amines) is 1. The monoisotopic (exact) mass is 438 g/mol. The molecule has 4 rings (SSSR count). The number of furan rings is 1. The fraction of sp³-hybridized carbons (Fsp3) is 0.440. The van der Waals surface area contributed by atoms with Crippen molar-refractivity contribution >= 4 is 11.7 Å². The van der Waals surface area contributed by atoms with Crippen molar-refractivity contribution in [2.75, 3.05) is 26.2 Å². The number of carbonyl (C=O) groups excluding carboxylic acids is 2. The van der Waals surface area contributed by atoms with Gasteiger partial charge in [0.15, 0.2) is 11.5 Å². The lowest BCUT2D eigenvalue weighted by atomic mass is 9.95. The fourth-order valence-corrected chi connectivity index (χ4v) is 4.44. The average molecular weight is 439 g/mol. The Hall–Kier alpha value is -3.06. The van der Waals surface area contributed by atoms with Crippen LogP contribution in [0.25, 0.3) is 0 Å². The molecular weight excluding hydrogens is 408 g/mol. The van der Waals surface area contributed by atoms with Gasteiger partial charge in [-0.3, -0.25) is 9.59 Å². The number of ether oxygens (including phenoxy) is 1. The number of ketones is 1. The number of aliphatic hydroxyl groups excluding tert-OH is 1. The Morgan fingerprint density at radius 2 is 1.94 bits per heavy atom. The van der Waals surface area contributed by atoms with E-state index in [0.717, 1.165) is 25.9 Å². The zero-order chi connectivity index (χ0) is 22.8. The summed E-state index contributed by atoms with van der Waals surface area (Å²) in [5, 5.41) is 10.8. The topological polar surface area (TPSA) is 83.2 Å². The van der Waals surface area contributed by atoms with E-state index in [1.54, 1.807) is 24.0 Å². The number of amides is 1. The summed E-state index contributed by atoms with van der Waals surface area (Å²) >= 11 is 0. The second-order valence-corrected chi connectivity index (χ2v) is 8.69. The van der Waals surface area contributed by atoms with Gasteiger partial charge in [0, 0.05) is 13.1 Å². The van der Waals surface area contributed by atoms with E-state index in [1.165, 1.54) is 0 Å². The molecule has 2 aromatic rings. The highest BCUT2D eigenvalue weighted by Crippen LogP contribution is 2.40. The molecule has 2 aliphatic heterocycles. The molecule has 0 saturated carbocycles. The number of hydrogen-bond acceptors (Lipinski definition) is 6. The minimum Gasteiger partial charge on any atom is -0.503 e. The zero-order valence-corrected chi connectivity index (χ0v) is 18.8. The Morgan fingerprint density at radius 3 is 2.59 bits per heavy atom. The molecular formula is C25H30N2O5. The van der Waals surface area contributed by atoms with Gasteiger partial charge in [-0.05, 0) is 76.5 Å². The van der Waals surface area contributed by atoms with Gasteiger partial charge < -0.3 is 24.1 Å². The Labute approximate surface area is 188 Å². The molecule has 0 radical (unpaired) electrons. The minimum absolute atomic E-state index is 0.0159. The lowest BCUT2D eigenvalue weighted by Gasteiger charge is -2.29. The number of benzene rings is 1. The van der Waals surface area contributed by atoms with Crippen molar-refractivity contribution in [2.24, 2.45) is 0 Å². The molecule has 7 heteroatoms. The molecule has 1 atom stereocenters. The van der Waals surface area contributed by atoms with Crippen LogP contribution < -0.4 is 4.74 Å². The van der Waals surface area contributed by atoms with Gasteiger partial charge in [-0.1, -0.05) is 12.1 Å². The van der Waals surface area contributed by atoms with Crippen molar-refractivity contribution in [3.05, 3.63) is 64.8 Å². The minimum atomic E-state index is -0.710. The molecule has 1 N–H and O–H groups in total. The molecule has 1 amide bonds. The van der Waals surface area contributed by atoms with Crippen molar-refractivity contribution in [2.45, 2.75) is 45.8 Å². The molecule has 0 spiro atoms. The van der Waals surface area contributed by atoms with Crippen LogP contribution in [-0.2, 0) is 4.79 Å². The smallest absolute Gasteiger partial charge is 0.290 e. The van der Waals surface area contributed by atoms with Crippen LogP contribution in [0.2, 0.25) is 0 Å². The van der Waals surface area contributed by atoms with E-state index in [-0.39, 0.29) is 17.4 Å². The van der Waals surface area contributed by atoms with Crippen LogP contribution in [0, 0.1) is 6.92 Å². The Balaban J connectivity index is 1.71. The first-order chi connectivity index (χ1) is 15.3. The van der Waals surface area contributed by atoms with Crippen molar-refractivity contribution in [3.63, 3.8) is 0 Å². The normalized spacial score (nSPS) is 19.4. The summed E-state index contributed by atoms with van der Waals surface area (Å²) in [4.78, 5) is 30.3. The van der Waals surface area contributed by atoms with Gasteiger partial charge >= 0.3 is 0 Å². The molecule has 1 fully saturated rings. The van der Waals surface area contributed by atoms with Gasteiger partial charge in [-0.15, -0.1) is 0 Å². The van der Waals surface area contributed by atoms with E-state index in [2.05, 4.69) is 4.90 Å². The van der Waals surface area contributed by atoms with Gasteiger partial charge in [-0.2, -0.15) is 0 Å². The highest BCUT2D eigenvalue weighted by molar-refractivity contribution is 6.15. The van der Waals surface area contributed by atoms with Crippen LogP contribution in [0.15, 0.2) is 52.1 Å². The number of aryl methyl sites for hydroxylation is 1. The Morgan fingerprint density at radius 1 is 1.19 bits per heavy atom. The third kappa shape index (κ3) is 4.43. The molecule has 1 aromatic heterocycles. The number of nitrogens with zero attached hydrogens (tertiary/aromatic N) is 2. The lowest BCUT2D eigenvalue weighted by molar-refractivity contribution is -0.129. The molecule has 1 aromatic carbocycles. The third-order valence-electron chi connectivity index (χ3n) is 5.91. The third-order valence-corrected chi connectivity index (χ3v) is 5.91. The van der Waals surface area contributed by atoms with Crippen LogP contribution >= 0.6 is 0 Å². The summed E-state index contributed by atoms with van der Waals surface area (Å²) in [7, 11) is 0. The molecule has 170 valence electrons. The molecule has 0 bridgehead atoms. The Bertz CT molecular complexity index is 1030. The molecule has 3 heterocycles. The number of aliphatic hydroxyl groups is 1. The number of Topliss-reactive ketones (excluding diaryl/α,β-unsaturated/α-hetero) is 1. The van der Waals surface area contributed by atoms with Gasteiger partial charge in [0.1, 0.15) is 11.5 Å². The summed E-state index contributed by atoms with van der Waals surface area (Å²) in [6, 6.07) is 9.93. The number of rotatable bonds is 8. The SMILES string of the molecule is Cc1ccc(C(=O)C2=C(O)C(=O)N(CCN3CCCC3)C2c2cccc(OC(C)C)c2)o1. The van der Waals surface area contributed by atoms with Crippen LogP contribution in [0.5, 0.6) is 5.75 Å². The first kappa shape index (κ1) is 22.1. The van der Waals surface area contributed by atoms with Gasteiger partial charge in [0.25, 0.3) is 5.91 Å². The maximum absolute atomic E-state index is 13.3.